The number of nitrogens with one attached hydrogen (secondary N) is 1. The van der Waals surface area contributed by atoms with Crippen LogP contribution in [0, 0.1) is 6.92 Å². The Morgan fingerprint density at radius 1 is 0.973 bits per heavy atom. The lowest BCUT2D eigenvalue weighted by Crippen LogP contribution is -2.23. The molecule has 0 bridgehead atoms. The molecule has 2 aromatic carbocycles. The number of aryl methyl sites for hydroxylation is 1. The van der Waals surface area contributed by atoms with Crippen molar-refractivity contribution in [3.05, 3.63) is 95.9 Å². The number of rotatable bonds is 8. The van der Waals surface area contributed by atoms with Crippen LogP contribution in [0.2, 0.25) is 0 Å². The van der Waals surface area contributed by atoms with Gasteiger partial charge in [0, 0.05) is 29.8 Å². The number of hydrogen-bond donors (Lipinski definition) is 1. The lowest BCUT2D eigenvalue weighted by atomic mass is 10.0. The zero-order chi connectivity index (χ0) is 26.6. The quantitative estimate of drug-likeness (QED) is 0.347. The molecule has 2 aromatic heterocycles. The minimum absolute atomic E-state index is 0.00514. The van der Waals surface area contributed by atoms with Crippen molar-refractivity contribution in [3.63, 3.8) is 0 Å². The normalized spacial score (nSPS) is 11.4. The third-order valence-corrected chi connectivity index (χ3v) is 6.81. The maximum atomic E-state index is 13.0. The molecule has 0 saturated heterocycles. The minimum Gasteiger partial charge on any atom is -0.434 e. The van der Waals surface area contributed by atoms with Gasteiger partial charge < -0.3 is 10.1 Å². The summed E-state index contributed by atoms with van der Waals surface area (Å²) in [6, 6.07) is 18.0. The number of carbonyl (C=O) groups excluding carboxylic acids is 1. The molecule has 0 unspecified atom stereocenters. The van der Waals surface area contributed by atoms with Gasteiger partial charge in [-0.05, 0) is 72.1 Å². The van der Waals surface area contributed by atoms with Gasteiger partial charge in [0.25, 0.3) is 5.91 Å². The molecule has 0 spiro atoms. The molecular formula is C27H23F2N3O4S. The maximum Gasteiger partial charge on any atom is 0.387 e. The van der Waals surface area contributed by atoms with Gasteiger partial charge in [-0.1, -0.05) is 18.2 Å². The summed E-state index contributed by atoms with van der Waals surface area (Å²) in [7, 11) is -3.47. The van der Waals surface area contributed by atoms with Crippen LogP contribution in [0.1, 0.15) is 21.6 Å². The number of alkyl halides is 2. The summed E-state index contributed by atoms with van der Waals surface area (Å²) in [4.78, 5) is 21.3. The molecular weight excluding hydrogens is 500 g/mol. The molecule has 0 fully saturated rings. The van der Waals surface area contributed by atoms with Gasteiger partial charge in [0.05, 0.1) is 22.8 Å². The topological polar surface area (TPSA) is 98.2 Å². The highest BCUT2D eigenvalue weighted by Gasteiger charge is 2.16. The van der Waals surface area contributed by atoms with E-state index in [-0.39, 0.29) is 22.8 Å². The first-order valence-corrected chi connectivity index (χ1v) is 13.1. The highest BCUT2D eigenvalue weighted by Crippen LogP contribution is 2.34. The lowest BCUT2D eigenvalue weighted by Gasteiger charge is -2.13. The Bertz CT molecular complexity index is 1540. The maximum absolute atomic E-state index is 13.0. The van der Waals surface area contributed by atoms with Crippen molar-refractivity contribution < 1.29 is 26.7 Å². The number of nitrogens with zero attached hydrogens (tertiary/aromatic N) is 2. The summed E-state index contributed by atoms with van der Waals surface area (Å²) in [5.74, 6) is -0.436. The molecule has 1 N–H and O–H groups in total. The van der Waals surface area contributed by atoms with Gasteiger partial charge in [0.2, 0.25) is 0 Å². The smallest absolute Gasteiger partial charge is 0.387 e. The van der Waals surface area contributed by atoms with Crippen LogP contribution in [0.25, 0.3) is 22.4 Å². The molecule has 0 radical (unpaired) electrons. The van der Waals surface area contributed by atoms with Crippen molar-refractivity contribution in [1.29, 1.82) is 0 Å². The molecule has 1 amide bonds. The van der Waals surface area contributed by atoms with Crippen LogP contribution in [0.3, 0.4) is 0 Å². The van der Waals surface area contributed by atoms with Gasteiger partial charge in [0.15, 0.2) is 9.84 Å². The Kier molecular flexibility index (Phi) is 7.58. The molecule has 0 atom stereocenters. The average molecular weight is 524 g/mol. The fraction of sp³-hybridized carbons (Fsp3) is 0.148. The predicted octanol–water partition coefficient (Wildman–Crippen LogP) is 5.05. The molecule has 0 saturated carbocycles. The number of benzene rings is 2. The number of aromatic nitrogens is 2. The van der Waals surface area contributed by atoms with Crippen molar-refractivity contribution in [2.75, 3.05) is 6.26 Å². The largest absolute Gasteiger partial charge is 0.434 e. The minimum atomic E-state index is -3.47. The summed E-state index contributed by atoms with van der Waals surface area (Å²) < 4.78 is 54.5. The lowest BCUT2D eigenvalue weighted by molar-refractivity contribution is -0.0494. The average Bonchev–Trinajstić information content (AvgIpc) is 2.87. The third-order valence-electron chi connectivity index (χ3n) is 5.57. The van der Waals surface area contributed by atoms with Crippen molar-refractivity contribution in [2.45, 2.75) is 25.0 Å². The number of amides is 1. The molecule has 10 heteroatoms. The van der Waals surface area contributed by atoms with E-state index >= 15 is 0 Å². The Hall–Kier alpha value is -4.18. The molecule has 4 aromatic rings. The van der Waals surface area contributed by atoms with Crippen molar-refractivity contribution in [3.8, 4) is 28.1 Å². The SMILES string of the molecule is Cc1ccc(C(=O)NCc2cc(-c3ccc(OC(F)F)c(-c4ccccn4)c3)ccn2)cc1S(C)(=O)=O. The van der Waals surface area contributed by atoms with E-state index in [0.717, 1.165) is 11.8 Å². The molecule has 37 heavy (non-hydrogen) atoms. The van der Waals surface area contributed by atoms with E-state index in [9.17, 15) is 22.0 Å². The first kappa shape index (κ1) is 25.9. The van der Waals surface area contributed by atoms with Gasteiger partial charge in [-0.25, -0.2) is 8.42 Å². The number of sulfone groups is 1. The standard InChI is InChI=1S/C27H23F2N3O4S/c1-17-6-7-20(15-25(17)37(2,34)35)26(33)32-16-21-13-19(10-12-30-21)18-8-9-24(36-27(28)29)22(14-18)23-5-3-4-11-31-23/h3-15,27H,16H2,1-2H3,(H,32,33). The first-order chi connectivity index (χ1) is 17.6. The summed E-state index contributed by atoms with van der Waals surface area (Å²) >= 11 is 0. The third kappa shape index (κ3) is 6.34. The summed E-state index contributed by atoms with van der Waals surface area (Å²) in [6.45, 7) is -1.22. The molecule has 4 rings (SSSR count). The second-order valence-corrected chi connectivity index (χ2v) is 10.3. The van der Waals surface area contributed by atoms with Crippen LogP contribution in [-0.2, 0) is 16.4 Å². The predicted molar refractivity (Wildman–Crippen MR) is 135 cm³/mol. The Balaban J connectivity index is 1.57. The second kappa shape index (κ2) is 10.8. The van der Waals surface area contributed by atoms with Crippen LogP contribution < -0.4 is 10.1 Å². The summed E-state index contributed by atoms with van der Waals surface area (Å²) in [5, 5.41) is 2.75. The fourth-order valence-corrected chi connectivity index (χ4v) is 4.79. The first-order valence-electron chi connectivity index (χ1n) is 11.2. The summed E-state index contributed by atoms with van der Waals surface area (Å²) in [5.41, 5.74) is 3.68. The molecule has 2 heterocycles. The van der Waals surface area contributed by atoms with Gasteiger partial charge in [-0.2, -0.15) is 8.78 Å². The second-order valence-electron chi connectivity index (χ2n) is 8.28. The molecule has 0 aliphatic heterocycles. The summed E-state index contributed by atoms with van der Waals surface area (Å²) in [6.07, 6.45) is 4.24. The van der Waals surface area contributed by atoms with Gasteiger partial charge in [-0.3, -0.25) is 14.8 Å². The van der Waals surface area contributed by atoms with E-state index in [1.54, 1.807) is 73.9 Å². The van der Waals surface area contributed by atoms with E-state index in [4.69, 9.17) is 0 Å². The van der Waals surface area contributed by atoms with Gasteiger partial charge >= 0.3 is 6.61 Å². The number of carbonyl (C=O) groups is 1. The zero-order valence-corrected chi connectivity index (χ0v) is 20.8. The van der Waals surface area contributed by atoms with E-state index in [1.807, 2.05) is 0 Å². The van der Waals surface area contributed by atoms with Crippen LogP contribution >= 0.6 is 0 Å². The van der Waals surface area contributed by atoms with Crippen LogP contribution in [0.5, 0.6) is 5.75 Å². The molecule has 0 aliphatic rings. The van der Waals surface area contributed by atoms with Crippen LogP contribution in [0.4, 0.5) is 8.78 Å². The number of pyridine rings is 2. The number of hydrogen-bond acceptors (Lipinski definition) is 6. The highest BCUT2D eigenvalue weighted by molar-refractivity contribution is 7.90. The van der Waals surface area contributed by atoms with E-state index in [1.165, 1.54) is 12.1 Å². The molecule has 7 nitrogen and oxygen atoms in total. The number of ether oxygens (including phenoxy) is 1. The van der Waals surface area contributed by atoms with Crippen LogP contribution in [-0.4, -0.2) is 37.2 Å². The van der Waals surface area contributed by atoms with E-state index in [2.05, 4.69) is 20.0 Å². The fourth-order valence-electron chi connectivity index (χ4n) is 3.80. The van der Waals surface area contributed by atoms with Crippen molar-refractivity contribution in [1.82, 2.24) is 15.3 Å². The zero-order valence-electron chi connectivity index (χ0n) is 20.0. The Morgan fingerprint density at radius 3 is 2.46 bits per heavy atom. The monoisotopic (exact) mass is 523 g/mol. The van der Waals surface area contributed by atoms with Gasteiger partial charge in [0.1, 0.15) is 5.75 Å². The van der Waals surface area contributed by atoms with E-state index < -0.39 is 22.4 Å². The van der Waals surface area contributed by atoms with Crippen molar-refractivity contribution in [2.24, 2.45) is 0 Å². The van der Waals surface area contributed by atoms with Gasteiger partial charge in [-0.15, -0.1) is 0 Å². The Labute approximate surface area is 213 Å². The van der Waals surface area contributed by atoms with E-state index in [0.29, 0.717) is 28.1 Å². The van der Waals surface area contributed by atoms with Crippen LogP contribution in [0.15, 0.2) is 84.0 Å². The van der Waals surface area contributed by atoms with Crippen molar-refractivity contribution >= 4 is 15.7 Å². The number of halogens is 2. The Morgan fingerprint density at radius 2 is 1.76 bits per heavy atom. The highest BCUT2D eigenvalue weighted by atomic mass is 32.2. The molecule has 0 aliphatic carbocycles. The molecule has 190 valence electrons.